The van der Waals surface area contributed by atoms with E-state index in [4.69, 9.17) is 13.8 Å². The molecular weight excluding hydrogens is 370 g/mol. The third-order valence-corrected chi connectivity index (χ3v) is 5.76. The molecule has 0 unspecified atom stereocenters. The second kappa shape index (κ2) is 8.51. The number of esters is 1. The highest BCUT2D eigenvalue weighted by molar-refractivity contribution is 7.54. The summed E-state index contributed by atoms with van der Waals surface area (Å²) >= 11 is 0. The van der Waals surface area contributed by atoms with Crippen LogP contribution in [0, 0.1) is 0 Å². The summed E-state index contributed by atoms with van der Waals surface area (Å²) in [5.41, 5.74) is -0.0728. The van der Waals surface area contributed by atoms with Crippen LogP contribution in [0.3, 0.4) is 0 Å². The summed E-state index contributed by atoms with van der Waals surface area (Å²) in [5, 5.41) is 1.46. The number of fused-ring (bicyclic) bond motifs is 1. The van der Waals surface area contributed by atoms with Crippen LogP contribution in [-0.2, 0) is 18.3 Å². The summed E-state index contributed by atoms with van der Waals surface area (Å²) in [6.07, 6.45) is 0. The number of carbonyl (C=O) groups excluding carboxylic acids is 1. The highest BCUT2D eigenvalue weighted by Crippen LogP contribution is 2.61. The number of rotatable bonds is 7. The predicted molar refractivity (Wildman–Crippen MR) is 104 cm³/mol. The van der Waals surface area contributed by atoms with Gasteiger partial charge in [-0.1, -0.05) is 18.2 Å². The van der Waals surface area contributed by atoms with Crippen LogP contribution in [0.4, 0.5) is 4.39 Å². The van der Waals surface area contributed by atoms with Gasteiger partial charge in [-0.2, -0.15) is 0 Å². The highest BCUT2D eigenvalue weighted by atomic mass is 31.2. The van der Waals surface area contributed by atoms with Gasteiger partial charge >= 0.3 is 13.6 Å². The minimum Gasteiger partial charge on any atom is -0.456 e. The molecule has 0 radical (unpaired) electrons. The molecule has 0 aliphatic heterocycles. The molecule has 7 heteroatoms. The number of hydrogen-bond acceptors (Lipinski definition) is 5. The van der Waals surface area contributed by atoms with Crippen LogP contribution < -0.4 is 0 Å². The maximum Gasteiger partial charge on any atom is 0.369 e. The minimum atomic E-state index is -3.93. The molecule has 27 heavy (non-hydrogen) atoms. The summed E-state index contributed by atoms with van der Waals surface area (Å²) in [6.45, 7) is 8.78. The fourth-order valence-corrected chi connectivity index (χ4v) is 4.17. The first-order valence-electron chi connectivity index (χ1n) is 8.89. The average Bonchev–Trinajstić information content (AvgIpc) is 2.59. The summed E-state index contributed by atoms with van der Waals surface area (Å²) < 4.78 is 43.2. The maximum atomic E-state index is 15.0. The lowest BCUT2D eigenvalue weighted by molar-refractivity contribution is 0.00696. The van der Waals surface area contributed by atoms with Crippen molar-refractivity contribution in [1.29, 1.82) is 0 Å². The fourth-order valence-electron chi connectivity index (χ4n) is 2.59. The zero-order chi connectivity index (χ0) is 20.2. The SMILES string of the molecule is CCOP(=O)(OCC)[C@@H](F)c1ccc2ccc(C(=O)OC(C)(C)C)cc2c1. The molecule has 0 aliphatic carbocycles. The summed E-state index contributed by atoms with van der Waals surface area (Å²) in [4.78, 5) is 12.3. The molecule has 2 aromatic rings. The van der Waals surface area contributed by atoms with Crippen molar-refractivity contribution in [2.75, 3.05) is 13.2 Å². The van der Waals surface area contributed by atoms with Gasteiger partial charge in [-0.15, -0.1) is 0 Å². The molecule has 2 aromatic carbocycles. The predicted octanol–water partition coefficient (Wildman–Crippen LogP) is 6.03. The third-order valence-electron chi connectivity index (χ3n) is 3.67. The standard InChI is InChI=1S/C20H26FO5P/c1-6-24-27(23,25-7-2)18(21)15-10-8-14-9-11-16(13-17(14)12-15)19(22)26-20(3,4)5/h8-13,18H,6-7H2,1-5H3/t18-/m1/s1. The summed E-state index contributed by atoms with van der Waals surface area (Å²) in [7, 11) is -3.93. The van der Waals surface area contributed by atoms with Gasteiger partial charge in [0, 0.05) is 0 Å². The van der Waals surface area contributed by atoms with Gasteiger partial charge in [0.25, 0.3) is 0 Å². The Morgan fingerprint density at radius 1 is 1.04 bits per heavy atom. The normalized spacial score (nSPS) is 13.6. The van der Waals surface area contributed by atoms with E-state index in [1.807, 2.05) is 0 Å². The molecule has 0 aromatic heterocycles. The molecule has 1 atom stereocenters. The van der Waals surface area contributed by atoms with Crippen LogP contribution in [0.2, 0.25) is 0 Å². The lowest BCUT2D eigenvalue weighted by Crippen LogP contribution is -2.23. The minimum absolute atomic E-state index is 0.0775. The Morgan fingerprint density at radius 2 is 1.63 bits per heavy atom. The Balaban J connectivity index is 2.40. The van der Waals surface area contributed by atoms with Gasteiger partial charge < -0.3 is 13.8 Å². The van der Waals surface area contributed by atoms with Crippen molar-refractivity contribution >= 4 is 24.3 Å². The molecule has 0 aliphatic rings. The Hall–Kier alpha value is -1.75. The van der Waals surface area contributed by atoms with E-state index >= 15 is 0 Å². The van der Waals surface area contributed by atoms with Crippen LogP contribution >= 0.6 is 7.60 Å². The molecule has 0 spiro atoms. The maximum absolute atomic E-state index is 15.0. The van der Waals surface area contributed by atoms with Crippen molar-refractivity contribution in [2.24, 2.45) is 0 Å². The molecule has 0 saturated carbocycles. The van der Waals surface area contributed by atoms with E-state index in [1.54, 1.807) is 71.0 Å². The van der Waals surface area contributed by atoms with Crippen molar-refractivity contribution < 1.29 is 27.5 Å². The monoisotopic (exact) mass is 396 g/mol. The van der Waals surface area contributed by atoms with Crippen LogP contribution in [0.25, 0.3) is 10.8 Å². The van der Waals surface area contributed by atoms with Gasteiger partial charge in [0.2, 0.25) is 5.91 Å². The molecule has 0 fully saturated rings. The summed E-state index contributed by atoms with van der Waals surface area (Å²) in [6, 6.07) is 9.86. The number of benzene rings is 2. The Bertz CT molecular complexity index is 849. The molecule has 0 saturated heterocycles. The van der Waals surface area contributed by atoms with E-state index in [9.17, 15) is 13.8 Å². The van der Waals surface area contributed by atoms with Crippen LogP contribution in [0.15, 0.2) is 36.4 Å². The Morgan fingerprint density at radius 3 is 2.19 bits per heavy atom. The second-order valence-electron chi connectivity index (χ2n) is 7.03. The van der Waals surface area contributed by atoms with Crippen molar-refractivity contribution in [2.45, 2.75) is 46.1 Å². The van der Waals surface area contributed by atoms with E-state index in [2.05, 4.69) is 0 Å². The lowest BCUT2D eigenvalue weighted by atomic mass is 10.0. The Labute approximate surface area is 159 Å². The van der Waals surface area contributed by atoms with Gasteiger partial charge in [0.05, 0.1) is 18.8 Å². The van der Waals surface area contributed by atoms with Crippen molar-refractivity contribution in [3.05, 3.63) is 47.5 Å². The number of hydrogen-bond donors (Lipinski definition) is 0. The zero-order valence-corrected chi connectivity index (χ0v) is 17.2. The molecule has 0 N–H and O–H groups in total. The second-order valence-corrected chi connectivity index (χ2v) is 9.08. The first-order valence-corrected chi connectivity index (χ1v) is 10.5. The quantitative estimate of drug-likeness (QED) is 0.422. The first-order chi connectivity index (χ1) is 12.6. The molecule has 0 heterocycles. The van der Waals surface area contributed by atoms with Gasteiger partial charge in [-0.25, -0.2) is 9.18 Å². The summed E-state index contributed by atoms with van der Waals surface area (Å²) in [5.74, 6) is -2.37. The zero-order valence-electron chi connectivity index (χ0n) is 16.3. The van der Waals surface area contributed by atoms with Gasteiger partial charge in [0.15, 0.2) is 0 Å². The smallest absolute Gasteiger partial charge is 0.369 e. The number of carbonyl (C=O) groups is 1. The highest BCUT2D eigenvalue weighted by Gasteiger charge is 2.37. The van der Waals surface area contributed by atoms with Crippen LogP contribution in [0.1, 0.15) is 56.5 Å². The molecule has 0 amide bonds. The lowest BCUT2D eigenvalue weighted by Gasteiger charge is -2.21. The van der Waals surface area contributed by atoms with E-state index in [1.165, 1.54) is 0 Å². The average molecular weight is 396 g/mol. The largest absolute Gasteiger partial charge is 0.456 e. The van der Waals surface area contributed by atoms with Gasteiger partial charge in [0.1, 0.15) is 5.60 Å². The van der Waals surface area contributed by atoms with Crippen molar-refractivity contribution in [3.8, 4) is 0 Å². The topological polar surface area (TPSA) is 61.8 Å². The molecule has 5 nitrogen and oxygen atoms in total. The van der Waals surface area contributed by atoms with E-state index in [0.29, 0.717) is 10.9 Å². The van der Waals surface area contributed by atoms with E-state index < -0.39 is 25.1 Å². The number of halogens is 1. The van der Waals surface area contributed by atoms with Gasteiger partial charge in [-0.3, -0.25) is 4.57 Å². The number of ether oxygens (including phenoxy) is 1. The van der Waals surface area contributed by atoms with Crippen molar-refractivity contribution in [1.82, 2.24) is 0 Å². The Kier molecular flexibility index (Phi) is 6.79. The van der Waals surface area contributed by atoms with Crippen LogP contribution in [0.5, 0.6) is 0 Å². The molecule has 2 rings (SSSR count). The van der Waals surface area contributed by atoms with E-state index in [-0.39, 0.29) is 18.8 Å². The fraction of sp³-hybridized carbons (Fsp3) is 0.450. The molecule has 0 bridgehead atoms. The van der Waals surface area contributed by atoms with Gasteiger partial charge in [-0.05, 0) is 69.2 Å². The molecular formula is C20H26FO5P. The van der Waals surface area contributed by atoms with Crippen molar-refractivity contribution in [3.63, 3.8) is 0 Å². The first kappa shape index (κ1) is 21.5. The third kappa shape index (κ3) is 5.38. The van der Waals surface area contributed by atoms with E-state index in [0.717, 1.165) is 5.39 Å². The van der Waals surface area contributed by atoms with Crippen LogP contribution in [-0.4, -0.2) is 24.8 Å². The molecule has 148 valence electrons. The number of alkyl halides is 1.